The Kier molecular flexibility index (Phi) is 4.98. The molecule has 0 radical (unpaired) electrons. The van der Waals surface area contributed by atoms with Crippen molar-refractivity contribution in [1.82, 2.24) is 4.90 Å². The van der Waals surface area contributed by atoms with Crippen LogP contribution in [-0.4, -0.2) is 49.7 Å². The number of ether oxygens (including phenoxy) is 2. The maximum absolute atomic E-state index is 12.7. The molecule has 0 spiro atoms. The molecule has 0 aromatic heterocycles. The lowest BCUT2D eigenvalue weighted by atomic mass is 9.93. The molecule has 1 aliphatic heterocycles. The Balaban J connectivity index is 1.72. The summed E-state index contributed by atoms with van der Waals surface area (Å²) >= 11 is 0. The first-order chi connectivity index (χ1) is 12.1. The van der Waals surface area contributed by atoms with E-state index >= 15 is 0 Å². The lowest BCUT2D eigenvalue weighted by Gasteiger charge is -2.27. The van der Waals surface area contributed by atoms with Crippen LogP contribution in [0.3, 0.4) is 0 Å². The number of benzene rings is 2. The summed E-state index contributed by atoms with van der Waals surface area (Å²) in [6, 6.07) is 8.64. The minimum atomic E-state index is -0.333. The molecule has 1 heterocycles. The van der Waals surface area contributed by atoms with E-state index in [0.29, 0.717) is 35.4 Å². The number of carbonyl (C=O) groups excluding carboxylic acids is 2. The van der Waals surface area contributed by atoms with Crippen LogP contribution in [0.4, 0.5) is 5.69 Å². The second-order valence-corrected chi connectivity index (χ2v) is 5.56. The number of hydrogen-bond donors (Lipinski definition) is 1. The van der Waals surface area contributed by atoms with Gasteiger partial charge in [0.05, 0.1) is 26.4 Å². The molecular formula is C19H18N2O4. The number of imide groups is 1. The van der Waals surface area contributed by atoms with Crippen LogP contribution in [0.15, 0.2) is 30.3 Å². The van der Waals surface area contributed by atoms with Crippen molar-refractivity contribution in [3.8, 4) is 12.3 Å². The normalized spacial score (nSPS) is 13.3. The van der Waals surface area contributed by atoms with Crippen molar-refractivity contribution in [2.45, 2.75) is 0 Å². The quantitative estimate of drug-likeness (QED) is 0.359. The van der Waals surface area contributed by atoms with E-state index in [2.05, 4.69) is 5.92 Å². The van der Waals surface area contributed by atoms with Crippen molar-refractivity contribution in [1.29, 1.82) is 0 Å². The van der Waals surface area contributed by atoms with Crippen molar-refractivity contribution in [2.75, 3.05) is 38.7 Å². The molecule has 6 heteroatoms. The van der Waals surface area contributed by atoms with Crippen LogP contribution in [0.2, 0.25) is 0 Å². The number of nitrogens with zero attached hydrogens (tertiary/aromatic N) is 1. The molecule has 3 rings (SSSR count). The second kappa shape index (κ2) is 7.34. The summed E-state index contributed by atoms with van der Waals surface area (Å²) in [5.41, 5.74) is 7.48. The Labute approximate surface area is 145 Å². The minimum absolute atomic E-state index is 0.174. The monoisotopic (exact) mass is 338 g/mol. The Hall–Kier alpha value is -2.88. The number of terminal acetylenes is 1. The average molecular weight is 338 g/mol. The highest BCUT2D eigenvalue weighted by Gasteiger charge is 2.32. The van der Waals surface area contributed by atoms with Gasteiger partial charge in [-0.3, -0.25) is 14.5 Å². The van der Waals surface area contributed by atoms with Gasteiger partial charge >= 0.3 is 0 Å². The second-order valence-electron chi connectivity index (χ2n) is 5.56. The smallest absolute Gasteiger partial charge is 0.261 e. The first-order valence-electron chi connectivity index (χ1n) is 7.91. The molecule has 128 valence electrons. The zero-order valence-corrected chi connectivity index (χ0v) is 13.7. The Morgan fingerprint density at radius 1 is 1.00 bits per heavy atom. The van der Waals surface area contributed by atoms with E-state index in [1.807, 2.05) is 6.07 Å². The Morgan fingerprint density at radius 3 is 2.48 bits per heavy atom. The third kappa shape index (κ3) is 3.20. The van der Waals surface area contributed by atoms with E-state index in [4.69, 9.17) is 21.6 Å². The summed E-state index contributed by atoms with van der Waals surface area (Å²) in [6.07, 6.45) is 5.07. The molecule has 2 aromatic carbocycles. The molecule has 0 atom stereocenters. The highest BCUT2D eigenvalue weighted by molar-refractivity contribution is 6.26. The molecular weight excluding hydrogens is 320 g/mol. The fourth-order valence-electron chi connectivity index (χ4n) is 2.88. The third-order valence-electron chi connectivity index (χ3n) is 4.04. The molecule has 6 nitrogen and oxygen atoms in total. The number of anilines is 1. The van der Waals surface area contributed by atoms with Gasteiger partial charge in [0.25, 0.3) is 11.8 Å². The maximum atomic E-state index is 12.7. The number of rotatable bonds is 7. The lowest BCUT2D eigenvalue weighted by molar-refractivity contribution is 0.0395. The summed E-state index contributed by atoms with van der Waals surface area (Å²) in [6.45, 7) is 1.36. The number of nitrogens with two attached hydrogens (primary N) is 1. The number of nitrogen functional groups attached to an aromatic ring is 1. The number of hydrogen-bond acceptors (Lipinski definition) is 5. The summed E-state index contributed by atoms with van der Waals surface area (Å²) in [5.74, 6) is 1.70. The SMILES string of the molecule is C#CCOCCOCCN1C(=O)c2cccc3c(N)ccc(c23)C1=O. The van der Waals surface area contributed by atoms with Crippen LogP contribution < -0.4 is 5.73 Å². The van der Waals surface area contributed by atoms with Crippen molar-refractivity contribution >= 4 is 28.3 Å². The van der Waals surface area contributed by atoms with E-state index in [1.165, 1.54) is 4.90 Å². The van der Waals surface area contributed by atoms with Crippen LogP contribution in [0.1, 0.15) is 20.7 Å². The molecule has 0 bridgehead atoms. The largest absolute Gasteiger partial charge is 0.398 e. The van der Waals surface area contributed by atoms with Crippen molar-refractivity contribution < 1.29 is 19.1 Å². The minimum Gasteiger partial charge on any atom is -0.398 e. The van der Waals surface area contributed by atoms with Gasteiger partial charge in [-0.1, -0.05) is 18.1 Å². The average Bonchev–Trinajstić information content (AvgIpc) is 2.62. The van der Waals surface area contributed by atoms with Gasteiger partial charge in [-0.05, 0) is 18.2 Å². The van der Waals surface area contributed by atoms with Gasteiger partial charge in [0.15, 0.2) is 0 Å². The van der Waals surface area contributed by atoms with Crippen LogP contribution in [0.5, 0.6) is 0 Å². The van der Waals surface area contributed by atoms with E-state index in [0.717, 1.165) is 5.39 Å². The molecule has 0 aliphatic carbocycles. The number of carbonyl (C=O) groups is 2. The molecule has 0 saturated carbocycles. The van der Waals surface area contributed by atoms with Gasteiger partial charge in [0, 0.05) is 27.6 Å². The highest BCUT2D eigenvalue weighted by atomic mass is 16.5. The zero-order chi connectivity index (χ0) is 17.8. The summed E-state index contributed by atoms with van der Waals surface area (Å²) in [4.78, 5) is 26.6. The molecule has 2 aromatic rings. The lowest BCUT2D eigenvalue weighted by Crippen LogP contribution is -2.42. The molecule has 0 unspecified atom stereocenters. The first kappa shape index (κ1) is 17.0. The van der Waals surface area contributed by atoms with Crippen LogP contribution in [0.25, 0.3) is 10.8 Å². The number of amides is 2. The van der Waals surface area contributed by atoms with Crippen LogP contribution >= 0.6 is 0 Å². The van der Waals surface area contributed by atoms with Gasteiger partial charge in [0.2, 0.25) is 0 Å². The van der Waals surface area contributed by atoms with E-state index in [9.17, 15) is 9.59 Å². The van der Waals surface area contributed by atoms with Gasteiger partial charge in [-0.15, -0.1) is 6.42 Å². The van der Waals surface area contributed by atoms with E-state index in [1.54, 1.807) is 24.3 Å². The molecule has 0 saturated heterocycles. The predicted octanol–water partition coefficient (Wildman–Crippen LogP) is 1.68. The fraction of sp³-hybridized carbons (Fsp3) is 0.263. The van der Waals surface area contributed by atoms with Crippen molar-refractivity contribution in [3.63, 3.8) is 0 Å². The van der Waals surface area contributed by atoms with Gasteiger partial charge in [-0.25, -0.2) is 0 Å². The van der Waals surface area contributed by atoms with Crippen molar-refractivity contribution in [2.24, 2.45) is 0 Å². The Morgan fingerprint density at radius 2 is 1.72 bits per heavy atom. The molecule has 2 N–H and O–H groups in total. The fourth-order valence-corrected chi connectivity index (χ4v) is 2.88. The van der Waals surface area contributed by atoms with Gasteiger partial charge in [-0.2, -0.15) is 0 Å². The summed E-state index contributed by atoms with van der Waals surface area (Å²) in [5, 5.41) is 1.34. The molecule has 2 amide bonds. The maximum Gasteiger partial charge on any atom is 0.261 e. The van der Waals surface area contributed by atoms with Gasteiger partial charge < -0.3 is 15.2 Å². The molecule has 25 heavy (non-hydrogen) atoms. The van der Waals surface area contributed by atoms with Gasteiger partial charge in [0.1, 0.15) is 6.61 Å². The molecule has 0 fully saturated rings. The molecule has 1 aliphatic rings. The zero-order valence-electron chi connectivity index (χ0n) is 13.7. The van der Waals surface area contributed by atoms with E-state index in [-0.39, 0.29) is 31.6 Å². The van der Waals surface area contributed by atoms with E-state index < -0.39 is 0 Å². The van der Waals surface area contributed by atoms with Crippen molar-refractivity contribution in [3.05, 3.63) is 41.5 Å². The third-order valence-corrected chi connectivity index (χ3v) is 4.04. The first-order valence-corrected chi connectivity index (χ1v) is 7.91. The summed E-state index contributed by atoms with van der Waals surface area (Å²) in [7, 11) is 0. The highest BCUT2D eigenvalue weighted by Crippen LogP contribution is 2.32. The van der Waals surface area contributed by atoms with Crippen LogP contribution in [0, 0.1) is 12.3 Å². The standard InChI is InChI=1S/C19H18N2O4/c1-2-9-24-11-12-25-10-8-21-18(22)14-5-3-4-13-16(20)7-6-15(17(13)14)19(21)23/h1,3-7H,8-12,20H2. The van der Waals surface area contributed by atoms with Crippen LogP contribution in [-0.2, 0) is 9.47 Å². The topological polar surface area (TPSA) is 81.9 Å². The predicted molar refractivity (Wildman–Crippen MR) is 94.2 cm³/mol. The summed E-state index contributed by atoms with van der Waals surface area (Å²) < 4.78 is 10.5. The Bertz CT molecular complexity index is 847.